The van der Waals surface area contributed by atoms with Crippen molar-refractivity contribution in [3.05, 3.63) is 64.2 Å². The number of carbonyl (C=O) groups is 1. The number of hydrogen-bond acceptors (Lipinski definition) is 5. The molecular weight excluding hydrogens is 478 g/mol. The molecule has 1 heterocycles. The first kappa shape index (κ1) is 28.2. The van der Waals surface area contributed by atoms with Gasteiger partial charge in [-0.05, 0) is 72.1 Å². The molecule has 1 N–H and O–H groups in total. The van der Waals surface area contributed by atoms with Crippen molar-refractivity contribution in [3.8, 4) is 17.6 Å². The van der Waals surface area contributed by atoms with Crippen molar-refractivity contribution < 1.29 is 24.1 Å². The quantitative estimate of drug-likeness (QED) is 0.412. The Balaban J connectivity index is 1.57. The fourth-order valence-electron chi connectivity index (χ4n) is 5.26. The normalized spacial score (nSPS) is 18.6. The SMILES string of the molecule is CCOCCOc1cc(C(O)C#Cc2ccc(C(=O)N3CCOCC3)cc2)cc2c1C(C)(C)CCC2(C)C. The lowest BCUT2D eigenvalue weighted by Gasteiger charge is -2.43. The van der Waals surface area contributed by atoms with E-state index in [1.807, 2.05) is 25.1 Å². The summed E-state index contributed by atoms with van der Waals surface area (Å²) >= 11 is 0. The fraction of sp³-hybridized carbons (Fsp3) is 0.531. The van der Waals surface area contributed by atoms with Crippen molar-refractivity contribution in [1.82, 2.24) is 4.90 Å². The van der Waals surface area contributed by atoms with E-state index in [1.165, 1.54) is 11.1 Å². The highest BCUT2D eigenvalue weighted by Crippen LogP contribution is 2.50. The molecule has 1 saturated heterocycles. The monoisotopic (exact) mass is 519 g/mol. The summed E-state index contributed by atoms with van der Waals surface area (Å²) < 4.78 is 17.1. The molecule has 0 radical (unpaired) electrons. The van der Waals surface area contributed by atoms with Crippen LogP contribution in [0.5, 0.6) is 5.75 Å². The van der Waals surface area contributed by atoms with Crippen LogP contribution in [0.4, 0.5) is 0 Å². The first-order chi connectivity index (χ1) is 18.1. The Morgan fingerprint density at radius 3 is 2.42 bits per heavy atom. The second-order valence-corrected chi connectivity index (χ2v) is 11.4. The van der Waals surface area contributed by atoms with E-state index in [2.05, 4.69) is 45.6 Å². The van der Waals surface area contributed by atoms with Crippen LogP contribution < -0.4 is 4.74 Å². The molecule has 0 aromatic heterocycles. The molecule has 1 aliphatic carbocycles. The van der Waals surface area contributed by atoms with E-state index >= 15 is 0 Å². The number of aliphatic hydroxyl groups excluding tert-OH is 1. The van der Waals surface area contributed by atoms with Crippen LogP contribution in [-0.4, -0.2) is 62.0 Å². The Labute approximate surface area is 227 Å². The van der Waals surface area contributed by atoms with Gasteiger partial charge in [0.1, 0.15) is 18.5 Å². The number of hydrogen-bond donors (Lipinski definition) is 1. The first-order valence-electron chi connectivity index (χ1n) is 13.7. The van der Waals surface area contributed by atoms with Gasteiger partial charge in [0.05, 0.1) is 19.8 Å². The van der Waals surface area contributed by atoms with Crippen molar-refractivity contribution in [2.45, 2.75) is 64.4 Å². The molecule has 2 aromatic carbocycles. The number of fused-ring (bicyclic) bond motifs is 1. The zero-order valence-corrected chi connectivity index (χ0v) is 23.4. The Bertz CT molecular complexity index is 1180. The molecule has 38 heavy (non-hydrogen) atoms. The summed E-state index contributed by atoms with van der Waals surface area (Å²) in [5, 5.41) is 11.1. The third kappa shape index (κ3) is 6.40. The second kappa shape index (κ2) is 11.9. The molecule has 4 rings (SSSR count). The van der Waals surface area contributed by atoms with Gasteiger partial charge in [0.25, 0.3) is 5.91 Å². The van der Waals surface area contributed by atoms with Crippen LogP contribution >= 0.6 is 0 Å². The fourth-order valence-corrected chi connectivity index (χ4v) is 5.26. The maximum atomic E-state index is 12.7. The van der Waals surface area contributed by atoms with Gasteiger partial charge < -0.3 is 24.2 Å². The Morgan fingerprint density at radius 2 is 1.74 bits per heavy atom. The van der Waals surface area contributed by atoms with Gasteiger partial charge in [-0.15, -0.1) is 0 Å². The third-order valence-corrected chi connectivity index (χ3v) is 7.69. The van der Waals surface area contributed by atoms with Gasteiger partial charge in [-0.3, -0.25) is 4.79 Å². The molecule has 0 spiro atoms. The van der Waals surface area contributed by atoms with E-state index in [4.69, 9.17) is 14.2 Å². The molecular formula is C32H41NO5. The van der Waals surface area contributed by atoms with Crippen LogP contribution in [0.1, 0.15) is 86.2 Å². The molecule has 1 unspecified atom stereocenters. The molecule has 6 nitrogen and oxygen atoms in total. The number of carbonyl (C=O) groups excluding carboxylic acids is 1. The zero-order chi connectivity index (χ0) is 27.3. The topological polar surface area (TPSA) is 68.2 Å². The molecule has 1 atom stereocenters. The zero-order valence-electron chi connectivity index (χ0n) is 23.4. The molecule has 1 amide bonds. The van der Waals surface area contributed by atoms with Crippen LogP contribution in [0.2, 0.25) is 0 Å². The average molecular weight is 520 g/mol. The van der Waals surface area contributed by atoms with E-state index in [0.29, 0.717) is 51.7 Å². The number of rotatable bonds is 7. The highest BCUT2D eigenvalue weighted by Gasteiger charge is 2.40. The molecule has 6 heteroatoms. The molecule has 2 aliphatic rings. The van der Waals surface area contributed by atoms with Gasteiger partial charge in [0.2, 0.25) is 0 Å². The van der Waals surface area contributed by atoms with Gasteiger partial charge in [-0.25, -0.2) is 0 Å². The minimum absolute atomic E-state index is 0.00399. The van der Waals surface area contributed by atoms with Gasteiger partial charge in [0, 0.05) is 36.4 Å². The van der Waals surface area contributed by atoms with Crippen molar-refractivity contribution in [2.75, 3.05) is 46.1 Å². The standard InChI is InChI=1S/C32H41NO5/c1-6-36-19-20-38-28-22-25(21-26-29(28)32(4,5)14-13-31(26,2)3)27(34)12-9-23-7-10-24(11-8-23)30(35)33-15-17-37-18-16-33/h7-8,10-11,21-22,27,34H,6,13-20H2,1-5H3. The van der Waals surface area contributed by atoms with Crippen LogP contribution in [0.3, 0.4) is 0 Å². The lowest BCUT2D eigenvalue weighted by molar-refractivity contribution is 0.0303. The van der Waals surface area contributed by atoms with Gasteiger partial charge in [-0.2, -0.15) is 0 Å². The average Bonchev–Trinajstić information content (AvgIpc) is 2.92. The molecule has 0 saturated carbocycles. The van der Waals surface area contributed by atoms with Crippen molar-refractivity contribution >= 4 is 5.91 Å². The largest absolute Gasteiger partial charge is 0.491 e. The second-order valence-electron chi connectivity index (χ2n) is 11.4. The summed E-state index contributed by atoms with van der Waals surface area (Å²) in [6, 6.07) is 11.3. The summed E-state index contributed by atoms with van der Waals surface area (Å²) in [5.41, 5.74) is 4.48. The van der Waals surface area contributed by atoms with Crippen LogP contribution in [-0.2, 0) is 20.3 Å². The molecule has 1 aliphatic heterocycles. The van der Waals surface area contributed by atoms with E-state index in [1.54, 1.807) is 17.0 Å². The van der Waals surface area contributed by atoms with Crippen molar-refractivity contribution in [2.24, 2.45) is 0 Å². The number of benzene rings is 2. The lowest BCUT2D eigenvalue weighted by Crippen LogP contribution is -2.40. The molecule has 204 valence electrons. The van der Waals surface area contributed by atoms with Crippen LogP contribution in [0.15, 0.2) is 36.4 Å². The maximum Gasteiger partial charge on any atom is 0.254 e. The number of ether oxygens (including phenoxy) is 3. The predicted molar refractivity (Wildman–Crippen MR) is 149 cm³/mol. The number of nitrogens with zero attached hydrogens (tertiary/aromatic N) is 1. The van der Waals surface area contributed by atoms with Gasteiger partial charge in [-0.1, -0.05) is 45.6 Å². The summed E-state index contributed by atoms with van der Waals surface area (Å²) in [6.07, 6.45) is 1.16. The molecule has 0 bridgehead atoms. The Morgan fingerprint density at radius 1 is 1.05 bits per heavy atom. The number of aliphatic hydroxyl groups is 1. The molecule has 2 aromatic rings. The van der Waals surface area contributed by atoms with Crippen LogP contribution in [0.25, 0.3) is 0 Å². The highest BCUT2D eigenvalue weighted by molar-refractivity contribution is 5.94. The van der Waals surface area contributed by atoms with E-state index in [9.17, 15) is 9.90 Å². The summed E-state index contributed by atoms with van der Waals surface area (Å²) in [4.78, 5) is 14.5. The lowest BCUT2D eigenvalue weighted by atomic mass is 9.62. The first-order valence-corrected chi connectivity index (χ1v) is 13.7. The number of amides is 1. The Hall–Kier alpha value is -2.85. The van der Waals surface area contributed by atoms with Gasteiger partial charge >= 0.3 is 0 Å². The Kier molecular flexibility index (Phi) is 8.82. The predicted octanol–water partition coefficient (Wildman–Crippen LogP) is 5.01. The van der Waals surface area contributed by atoms with Crippen molar-refractivity contribution in [3.63, 3.8) is 0 Å². The smallest absolute Gasteiger partial charge is 0.254 e. The summed E-state index contributed by atoms with van der Waals surface area (Å²) in [7, 11) is 0. The molecule has 1 fully saturated rings. The maximum absolute atomic E-state index is 12.7. The van der Waals surface area contributed by atoms with Gasteiger partial charge in [0.15, 0.2) is 0 Å². The summed E-state index contributed by atoms with van der Waals surface area (Å²) in [6.45, 7) is 15.0. The minimum Gasteiger partial charge on any atom is -0.491 e. The third-order valence-electron chi connectivity index (χ3n) is 7.69. The van der Waals surface area contributed by atoms with E-state index in [0.717, 1.165) is 29.7 Å². The summed E-state index contributed by atoms with van der Waals surface area (Å²) in [5.74, 6) is 6.89. The van der Waals surface area contributed by atoms with Crippen LogP contribution in [0, 0.1) is 11.8 Å². The van der Waals surface area contributed by atoms with Crippen molar-refractivity contribution in [1.29, 1.82) is 0 Å². The highest BCUT2D eigenvalue weighted by atomic mass is 16.5. The number of morpholine rings is 1. The van der Waals surface area contributed by atoms with E-state index in [-0.39, 0.29) is 16.7 Å². The minimum atomic E-state index is -0.968. The van der Waals surface area contributed by atoms with E-state index < -0.39 is 6.10 Å².